The quantitative estimate of drug-likeness (QED) is 0.786. The highest BCUT2D eigenvalue weighted by molar-refractivity contribution is 5.94. The van der Waals surface area contributed by atoms with E-state index in [1.807, 2.05) is 0 Å². The molecular weight excluding hydrogens is 274 g/mol. The normalized spacial score (nSPS) is 15.2. The van der Waals surface area contributed by atoms with Crippen LogP contribution in [0.1, 0.15) is 48.9 Å². The molecule has 5 heteroatoms. The van der Waals surface area contributed by atoms with Crippen LogP contribution in [0, 0.1) is 17.6 Å². The zero-order valence-corrected chi connectivity index (χ0v) is 12.3. The maximum atomic E-state index is 13.6. The summed E-state index contributed by atoms with van der Waals surface area (Å²) in [6, 6.07) is 2.11. The van der Waals surface area contributed by atoms with Crippen molar-refractivity contribution in [1.82, 2.24) is 5.32 Å². The summed E-state index contributed by atoms with van der Waals surface area (Å²) in [6.45, 7) is 0.548. The molecule has 0 unspecified atom stereocenters. The van der Waals surface area contributed by atoms with E-state index in [0.717, 1.165) is 30.9 Å². The number of benzene rings is 1. The third-order valence-corrected chi connectivity index (χ3v) is 4.10. The summed E-state index contributed by atoms with van der Waals surface area (Å²) in [7, 11) is 1.43. The summed E-state index contributed by atoms with van der Waals surface area (Å²) in [6.07, 6.45) is 7.23. The monoisotopic (exact) mass is 296 g/mol. The topological polar surface area (TPSA) is 41.1 Å². The highest BCUT2D eigenvalue weighted by Gasteiger charge is 2.16. The van der Waals surface area contributed by atoms with Crippen molar-refractivity contribution in [3.05, 3.63) is 29.3 Å². The van der Waals surface area contributed by atoms with Gasteiger partial charge >= 0.3 is 0 Å². The van der Waals surface area contributed by atoms with E-state index in [-0.39, 0.29) is 11.3 Å². The van der Waals surface area contributed by atoms with E-state index in [0.29, 0.717) is 6.54 Å². The predicted octanol–water partition coefficient (Wildman–Crippen LogP) is 3.71. The molecule has 0 atom stereocenters. The maximum absolute atomic E-state index is 13.6. The van der Waals surface area contributed by atoms with Crippen molar-refractivity contribution in [2.75, 3.05) is 18.9 Å². The van der Waals surface area contributed by atoms with Crippen LogP contribution in [-0.4, -0.2) is 19.5 Å². The van der Waals surface area contributed by atoms with Gasteiger partial charge in [0.2, 0.25) is 0 Å². The molecule has 116 valence electrons. The molecule has 3 nitrogen and oxygen atoms in total. The number of halogens is 2. The van der Waals surface area contributed by atoms with Crippen molar-refractivity contribution in [2.45, 2.75) is 38.5 Å². The summed E-state index contributed by atoms with van der Waals surface area (Å²) in [5.74, 6) is -1.16. The van der Waals surface area contributed by atoms with Crippen LogP contribution in [0.3, 0.4) is 0 Å². The smallest absolute Gasteiger partial charge is 0.251 e. The zero-order chi connectivity index (χ0) is 15.2. The largest absolute Gasteiger partial charge is 0.383 e. The van der Waals surface area contributed by atoms with Crippen LogP contribution in [0.15, 0.2) is 12.1 Å². The molecule has 21 heavy (non-hydrogen) atoms. The summed E-state index contributed by atoms with van der Waals surface area (Å²) in [5, 5.41) is 5.15. The molecule has 0 aliphatic heterocycles. The van der Waals surface area contributed by atoms with Crippen LogP contribution in [0.25, 0.3) is 0 Å². The van der Waals surface area contributed by atoms with Gasteiger partial charge in [-0.2, -0.15) is 0 Å². The van der Waals surface area contributed by atoms with Crippen LogP contribution in [0.5, 0.6) is 0 Å². The molecule has 0 saturated heterocycles. The molecule has 0 bridgehead atoms. The zero-order valence-electron chi connectivity index (χ0n) is 12.3. The lowest BCUT2D eigenvalue weighted by Crippen LogP contribution is -2.25. The van der Waals surface area contributed by atoms with Gasteiger partial charge in [-0.05, 0) is 30.9 Å². The summed E-state index contributed by atoms with van der Waals surface area (Å²) >= 11 is 0. The van der Waals surface area contributed by atoms with E-state index in [2.05, 4.69) is 10.6 Å². The van der Waals surface area contributed by atoms with E-state index < -0.39 is 17.5 Å². The molecule has 1 amide bonds. The SMILES string of the molecule is CNc1c(F)cc(C(=O)NCCCC2CCCC2)cc1F. The van der Waals surface area contributed by atoms with E-state index in [1.165, 1.54) is 32.7 Å². The van der Waals surface area contributed by atoms with Crippen LogP contribution in [-0.2, 0) is 0 Å². The van der Waals surface area contributed by atoms with Crippen LogP contribution in [0.4, 0.5) is 14.5 Å². The van der Waals surface area contributed by atoms with E-state index in [1.54, 1.807) is 0 Å². The lowest BCUT2D eigenvalue weighted by atomic mass is 10.0. The molecule has 0 heterocycles. The maximum Gasteiger partial charge on any atom is 0.251 e. The number of carbonyl (C=O) groups is 1. The molecular formula is C16H22F2N2O. The first kappa shape index (κ1) is 15.7. The molecule has 1 fully saturated rings. The molecule has 0 spiro atoms. The number of hydrogen-bond donors (Lipinski definition) is 2. The average Bonchev–Trinajstić information content (AvgIpc) is 2.96. The average molecular weight is 296 g/mol. The summed E-state index contributed by atoms with van der Waals surface area (Å²) < 4.78 is 27.2. The van der Waals surface area contributed by atoms with Gasteiger partial charge in [-0.3, -0.25) is 4.79 Å². The third-order valence-electron chi connectivity index (χ3n) is 4.10. The first-order valence-corrected chi connectivity index (χ1v) is 7.57. The Morgan fingerprint density at radius 3 is 2.43 bits per heavy atom. The number of hydrogen-bond acceptors (Lipinski definition) is 2. The van der Waals surface area contributed by atoms with Gasteiger partial charge < -0.3 is 10.6 Å². The second-order valence-electron chi connectivity index (χ2n) is 5.61. The van der Waals surface area contributed by atoms with Crippen LogP contribution < -0.4 is 10.6 Å². The highest BCUT2D eigenvalue weighted by Crippen LogP contribution is 2.28. The van der Waals surface area contributed by atoms with Crippen molar-refractivity contribution < 1.29 is 13.6 Å². The van der Waals surface area contributed by atoms with Gasteiger partial charge in [-0.1, -0.05) is 25.7 Å². The molecule has 1 aliphatic carbocycles. The summed E-state index contributed by atoms with van der Waals surface area (Å²) in [4.78, 5) is 11.9. The van der Waals surface area contributed by atoms with Gasteiger partial charge in [0, 0.05) is 19.2 Å². The fourth-order valence-corrected chi connectivity index (χ4v) is 2.94. The molecule has 0 aromatic heterocycles. The fraction of sp³-hybridized carbons (Fsp3) is 0.562. The van der Waals surface area contributed by atoms with Gasteiger partial charge in [0.15, 0.2) is 0 Å². The minimum atomic E-state index is -0.756. The Labute approximate surface area is 124 Å². The van der Waals surface area contributed by atoms with E-state index in [4.69, 9.17) is 0 Å². The molecule has 1 aliphatic rings. The first-order chi connectivity index (χ1) is 10.1. The number of amides is 1. The van der Waals surface area contributed by atoms with Crippen molar-refractivity contribution in [2.24, 2.45) is 5.92 Å². The number of nitrogens with one attached hydrogen (secondary N) is 2. The second kappa shape index (κ2) is 7.38. The van der Waals surface area contributed by atoms with Gasteiger partial charge in [0.25, 0.3) is 5.91 Å². The van der Waals surface area contributed by atoms with E-state index in [9.17, 15) is 13.6 Å². The van der Waals surface area contributed by atoms with Gasteiger partial charge in [-0.25, -0.2) is 8.78 Å². The van der Waals surface area contributed by atoms with Gasteiger partial charge in [0.1, 0.15) is 17.3 Å². The first-order valence-electron chi connectivity index (χ1n) is 7.57. The fourth-order valence-electron chi connectivity index (χ4n) is 2.94. The van der Waals surface area contributed by atoms with Gasteiger partial charge in [-0.15, -0.1) is 0 Å². The Hall–Kier alpha value is -1.65. The van der Waals surface area contributed by atoms with Crippen molar-refractivity contribution in [3.8, 4) is 0 Å². The predicted molar refractivity (Wildman–Crippen MR) is 79.4 cm³/mol. The minimum absolute atomic E-state index is 0.0184. The Kier molecular flexibility index (Phi) is 5.53. The minimum Gasteiger partial charge on any atom is -0.383 e. The van der Waals surface area contributed by atoms with E-state index >= 15 is 0 Å². The molecule has 2 N–H and O–H groups in total. The molecule has 2 rings (SSSR count). The van der Waals surface area contributed by atoms with Crippen LogP contribution >= 0.6 is 0 Å². The summed E-state index contributed by atoms with van der Waals surface area (Å²) in [5.41, 5.74) is -0.197. The number of anilines is 1. The Morgan fingerprint density at radius 2 is 1.86 bits per heavy atom. The number of rotatable bonds is 6. The molecule has 1 aromatic rings. The Bertz CT molecular complexity index is 476. The molecule has 1 saturated carbocycles. The second-order valence-corrected chi connectivity index (χ2v) is 5.61. The highest BCUT2D eigenvalue weighted by atomic mass is 19.1. The Morgan fingerprint density at radius 1 is 1.24 bits per heavy atom. The standard InChI is InChI=1S/C16H22F2N2O/c1-19-15-13(17)9-12(10-14(15)18)16(21)20-8-4-7-11-5-2-3-6-11/h9-11,19H,2-8H2,1H3,(H,20,21). The molecule has 1 aromatic carbocycles. The lowest BCUT2D eigenvalue weighted by molar-refractivity contribution is 0.0951. The third kappa shape index (κ3) is 4.16. The van der Waals surface area contributed by atoms with Crippen molar-refractivity contribution in [3.63, 3.8) is 0 Å². The van der Waals surface area contributed by atoms with Crippen molar-refractivity contribution >= 4 is 11.6 Å². The number of carbonyl (C=O) groups excluding carboxylic acids is 1. The van der Waals surface area contributed by atoms with Crippen molar-refractivity contribution in [1.29, 1.82) is 0 Å². The van der Waals surface area contributed by atoms with Crippen LogP contribution in [0.2, 0.25) is 0 Å². The Balaban J connectivity index is 1.82. The van der Waals surface area contributed by atoms with Gasteiger partial charge in [0.05, 0.1) is 0 Å². The molecule has 0 radical (unpaired) electrons. The lowest BCUT2D eigenvalue weighted by Gasteiger charge is -2.10.